The van der Waals surface area contributed by atoms with Gasteiger partial charge in [0.05, 0.1) is 17.4 Å². The molecule has 1 aromatic heterocycles. The topological polar surface area (TPSA) is 19.6 Å². The molecule has 3 aliphatic rings. The van der Waals surface area contributed by atoms with Crippen LogP contribution in [0, 0.1) is 5.92 Å². The number of allylic oxidation sites excluding steroid dienone is 5. The molecule has 9 aromatic rings. The number of hydrogen-bond acceptors (Lipinski definition) is 3. The normalized spacial score (nSPS) is 16.8. The Hall–Kier alpha value is -7.62. The van der Waals surface area contributed by atoms with Gasteiger partial charge in [0, 0.05) is 56.0 Å². The van der Waals surface area contributed by atoms with E-state index in [1.807, 2.05) is 6.07 Å². The van der Waals surface area contributed by atoms with Crippen molar-refractivity contribution in [1.82, 2.24) is 0 Å². The Morgan fingerprint density at radius 2 is 1.21 bits per heavy atom. The molecule has 0 radical (unpaired) electrons. The Morgan fingerprint density at radius 1 is 0.525 bits per heavy atom. The van der Waals surface area contributed by atoms with Gasteiger partial charge in [-0.05, 0) is 82.8 Å². The molecule has 8 aromatic carbocycles. The zero-order valence-corrected chi connectivity index (χ0v) is 33.7. The Kier molecular flexibility index (Phi) is 8.45. The van der Waals surface area contributed by atoms with Crippen LogP contribution < -0.4 is 9.80 Å². The quantitative estimate of drug-likeness (QED) is 0.161. The summed E-state index contributed by atoms with van der Waals surface area (Å²) in [6, 6.07) is 66.3. The molecule has 2 aliphatic carbocycles. The third-order valence-electron chi connectivity index (χ3n) is 12.9. The molecule has 290 valence electrons. The lowest BCUT2D eigenvalue weighted by Crippen LogP contribution is -2.33. The molecule has 0 saturated carbocycles. The summed E-state index contributed by atoms with van der Waals surface area (Å²) in [6.07, 6.45) is 16.0. The van der Waals surface area contributed by atoms with E-state index in [0.29, 0.717) is 5.92 Å². The third kappa shape index (κ3) is 5.88. The van der Waals surface area contributed by atoms with Crippen LogP contribution >= 0.6 is 0 Å². The van der Waals surface area contributed by atoms with Gasteiger partial charge in [-0.25, -0.2) is 0 Å². The maximum Gasteiger partial charge on any atom is 0.143 e. The van der Waals surface area contributed by atoms with Gasteiger partial charge in [0.1, 0.15) is 11.2 Å². The molecule has 0 fully saturated rings. The van der Waals surface area contributed by atoms with Crippen LogP contribution in [0.4, 0.5) is 22.7 Å². The van der Waals surface area contributed by atoms with Gasteiger partial charge in [0.25, 0.3) is 0 Å². The lowest BCUT2D eigenvalue weighted by Gasteiger charge is -2.33. The molecule has 3 heteroatoms. The molecule has 2 atom stereocenters. The zero-order chi connectivity index (χ0) is 40.3. The molecule has 2 unspecified atom stereocenters. The standard InChI is InChI=1S/C58H42N2O/c1-2-18-40-37-42(36-35-39(40)17-1)45-22-3-9-29-52(45)59(54-31-11-7-25-48(54)50-27-16-28-51-49-26-8-14-34-57(49)61-58(50)51)43-20-15-19-41(38-43)44-21-4-10-30-53(44)60-55-32-12-5-23-46(55)47-24-6-13-33-56(47)60/h1-12,14-32,34-38,46,55H,13,33H2. The smallest absolute Gasteiger partial charge is 0.143 e. The van der Waals surface area contributed by atoms with Crippen LogP contribution in [0.1, 0.15) is 12.8 Å². The summed E-state index contributed by atoms with van der Waals surface area (Å²) in [7, 11) is 0. The van der Waals surface area contributed by atoms with Crippen molar-refractivity contribution in [3.05, 3.63) is 230 Å². The molecule has 0 saturated heterocycles. The summed E-state index contributed by atoms with van der Waals surface area (Å²) in [4.78, 5) is 5.09. The molecule has 0 spiro atoms. The van der Waals surface area contributed by atoms with E-state index in [9.17, 15) is 0 Å². The van der Waals surface area contributed by atoms with Crippen molar-refractivity contribution in [3.8, 4) is 33.4 Å². The van der Waals surface area contributed by atoms with Crippen molar-refractivity contribution in [2.45, 2.75) is 18.9 Å². The van der Waals surface area contributed by atoms with Crippen molar-refractivity contribution < 1.29 is 4.42 Å². The highest BCUT2D eigenvalue weighted by Crippen LogP contribution is 2.50. The number of benzene rings is 8. The van der Waals surface area contributed by atoms with Gasteiger partial charge in [-0.15, -0.1) is 0 Å². The van der Waals surface area contributed by atoms with Crippen LogP contribution in [0.2, 0.25) is 0 Å². The van der Waals surface area contributed by atoms with Crippen LogP contribution in [0.5, 0.6) is 0 Å². The largest absolute Gasteiger partial charge is 0.455 e. The van der Waals surface area contributed by atoms with Crippen molar-refractivity contribution >= 4 is 55.5 Å². The van der Waals surface area contributed by atoms with E-state index in [1.165, 1.54) is 44.4 Å². The minimum Gasteiger partial charge on any atom is -0.455 e. The van der Waals surface area contributed by atoms with Crippen LogP contribution in [-0.2, 0) is 0 Å². The summed E-state index contributed by atoms with van der Waals surface area (Å²) in [6.45, 7) is 0. The first-order chi connectivity index (χ1) is 30.3. The minimum atomic E-state index is 0.250. The summed E-state index contributed by atoms with van der Waals surface area (Å²) in [5, 5.41) is 4.69. The predicted octanol–water partition coefficient (Wildman–Crippen LogP) is 15.7. The Bertz CT molecular complexity index is 3310. The molecule has 0 N–H and O–H groups in total. The van der Waals surface area contributed by atoms with E-state index in [4.69, 9.17) is 4.42 Å². The number of fused-ring (bicyclic) bond motifs is 6. The van der Waals surface area contributed by atoms with Gasteiger partial charge in [-0.2, -0.15) is 0 Å². The first-order valence-electron chi connectivity index (χ1n) is 21.4. The van der Waals surface area contributed by atoms with Crippen LogP contribution in [-0.4, -0.2) is 6.04 Å². The molecular formula is C58H42N2O. The molecule has 3 nitrogen and oxygen atoms in total. The van der Waals surface area contributed by atoms with Gasteiger partial charge in [0.15, 0.2) is 0 Å². The van der Waals surface area contributed by atoms with Crippen LogP contribution in [0.25, 0.3) is 66.1 Å². The van der Waals surface area contributed by atoms with Gasteiger partial charge in [0.2, 0.25) is 0 Å². The number of hydrogen-bond donors (Lipinski definition) is 0. The van der Waals surface area contributed by atoms with Gasteiger partial charge in [-0.3, -0.25) is 0 Å². The molecule has 61 heavy (non-hydrogen) atoms. The maximum atomic E-state index is 6.69. The maximum absolute atomic E-state index is 6.69. The fourth-order valence-corrected chi connectivity index (χ4v) is 10.1. The van der Waals surface area contributed by atoms with Crippen molar-refractivity contribution in [1.29, 1.82) is 0 Å². The fourth-order valence-electron chi connectivity index (χ4n) is 10.1. The Balaban J connectivity index is 1.07. The molecular weight excluding hydrogens is 741 g/mol. The highest BCUT2D eigenvalue weighted by Gasteiger charge is 2.39. The average molecular weight is 783 g/mol. The van der Waals surface area contributed by atoms with Crippen molar-refractivity contribution in [3.63, 3.8) is 0 Å². The zero-order valence-electron chi connectivity index (χ0n) is 33.7. The van der Waals surface area contributed by atoms with Gasteiger partial charge in [-0.1, -0.05) is 176 Å². The number of furan rings is 1. The van der Waals surface area contributed by atoms with Crippen LogP contribution in [0.3, 0.4) is 0 Å². The van der Waals surface area contributed by atoms with E-state index in [0.717, 1.165) is 68.5 Å². The first kappa shape index (κ1) is 35.3. The van der Waals surface area contributed by atoms with Crippen molar-refractivity contribution in [2.75, 3.05) is 9.80 Å². The second-order valence-electron chi connectivity index (χ2n) is 16.3. The molecule has 2 heterocycles. The SMILES string of the molecule is C1=CC2C3=C(CCC=C3)N(c3ccccc3-c3cccc(N(c4ccccc4-c4ccc5ccccc5c4)c4ccccc4-c4cccc5c4oc4ccccc45)c3)C2C=C1. The highest BCUT2D eigenvalue weighted by atomic mass is 16.3. The Morgan fingerprint density at radius 3 is 2.13 bits per heavy atom. The summed E-state index contributed by atoms with van der Waals surface area (Å²) in [5.41, 5.74) is 16.0. The van der Waals surface area contributed by atoms with Gasteiger partial charge < -0.3 is 14.2 Å². The van der Waals surface area contributed by atoms with E-state index >= 15 is 0 Å². The Labute approximate surface area is 356 Å². The summed E-state index contributed by atoms with van der Waals surface area (Å²) in [5.74, 6) is 0.353. The number of anilines is 4. The predicted molar refractivity (Wildman–Crippen MR) is 256 cm³/mol. The molecule has 1 aliphatic heterocycles. The lowest BCUT2D eigenvalue weighted by molar-refractivity contribution is 0.670. The first-order valence-corrected chi connectivity index (χ1v) is 21.4. The lowest BCUT2D eigenvalue weighted by atomic mass is 9.88. The summed E-state index contributed by atoms with van der Waals surface area (Å²) >= 11 is 0. The molecule has 0 amide bonds. The monoisotopic (exact) mass is 782 g/mol. The second-order valence-corrected chi connectivity index (χ2v) is 16.3. The number of nitrogens with zero attached hydrogens (tertiary/aromatic N) is 2. The molecule has 12 rings (SSSR count). The van der Waals surface area contributed by atoms with Crippen LogP contribution in [0.15, 0.2) is 234 Å². The van der Waals surface area contributed by atoms with E-state index < -0.39 is 0 Å². The summed E-state index contributed by atoms with van der Waals surface area (Å²) < 4.78 is 6.69. The van der Waals surface area contributed by atoms with E-state index in [2.05, 4.69) is 222 Å². The second kappa shape index (κ2) is 14.6. The highest BCUT2D eigenvalue weighted by molar-refractivity contribution is 6.11. The number of para-hydroxylation sites is 5. The van der Waals surface area contributed by atoms with E-state index in [-0.39, 0.29) is 6.04 Å². The van der Waals surface area contributed by atoms with Gasteiger partial charge >= 0.3 is 0 Å². The molecule has 0 bridgehead atoms. The van der Waals surface area contributed by atoms with Crippen molar-refractivity contribution in [2.24, 2.45) is 5.92 Å². The number of rotatable bonds is 7. The third-order valence-corrected chi connectivity index (χ3v) is 12.9. The minimum absolute atomic E-state index is 0.250. The van der Waals surface area contributed by atoms with E-state index in [1.54, 1.807) is 0 Å². The average Bonchev–Trinajstić information content (AvgIpc) is 3.88. The fraction of sp³-hybridized carbons (Fsp3) is 0.0690.